The Morgan fingerprint density at radius 2 is 1.68 bits per heavy atom. The standard InChI is InChI=1S/C17H12N4.C12H10N4O/c1-2-6-15(7-3-1)21-17-14(12-19-21)8-9-16(20-17)13-5-4-10-18-11-13;1-17-12-9(3-2-4-13-12)8-5-10-11(14-6-8)7-15-16-10/h1-12H;2-7H,1H3,(H,15,16). The fourth-order valence-electron chi connectivity index (χ4n) is 4.09. The van der Waals surface area contributed by atoms with Crippen molar-refractivity contribution in [3.05, 3.63) is 110 Å². The van der Waals surface area contributed by atoms with Crippen molar-refractivity contribution in [2.75, 3.05) is 7.11 Å². The van der Waals surface area contributed by atoms with Crippen LogP contribution in [0.5, 0.6) is 5.88 Å². The van der Waals surface area contributed by atoms with Crippen LogP contribution >= 0.6 is 0 Å². The van der Waals surface area contributed by atoms with E-state index in [1.807, 2.05) is 89.9 Å². The van der Waals surface area contributed by atoms with E-state index in [9.17, 15) is 0 Å². The number of para-hydroxylation sites is 1. The van der Waals surface area contributed by atoms with Gasteiger partial charge in [0.05, 0.1) is 36.4 Å². The van der Waals surface area contributed by atoms with Crippen molar-refractivity contribution in [2.24, 2.45) is 0 Å². The van der Waals surface area contributed by atoms with Crippen molar-refractivity contribution in [1.82, 2.24) is 39.9 Å². The maximum Gasteiger partial charge on any atom is 0.221 e. The van der Waals surface area contributed by atoms with Gasteiger partial charge in [0.25, 0.3) is 0 Å². The number of aromatic nitrogens is 8. The van der Waals surface area contributed by atoms with Crippen LogP contribution in [-0.4, -0.2) is 47.0 Å². The molecular weight excluding hydrogens is 476 g/mol. The van der Waals surface area contributed by atoms with Gasteiger partial charge >= 0.3 is 0 Å². The van der Waals surface area contributed by atoms with Crippen LogP contribution in [0.3, 0.4) is 0 Å². The molecule has 0 radical (unpaired) electrons. The van der Waals surface area contributed by atoms with Gasteiger partial charge in [-0.1, -0.05) is 18.2 Å². The molecule has 1 aromatic carbocycles. The highest BCUT2D eigenvalue weighted by Crippen LogP contribution is 2.28. The first-order valence-electron chi connectivity index (χ1n) is 11.9. The third kappa shape index (κ3) is 4.56. The van der Waals surface area contributed by atoms with Gasteiger partial charge in [0.1, 0.15) is 5.52 Å². The van der Waals surface area contributed by atoms with Crippen LogP contribution < -0.4 is 4.74 Å². The number of aromatic amines is 1. The molecule has 184 valence electrons. The van der Waals surface area contributed by atoms with Gasteiger partial charge in [-0.25, -0.2) is 14.6 Å². The summed E-state index contributed by atoms with van der Waals surface area (Å²) in [5.41, 5.74) is 7.36. The first kappa shape index (κ1) is 23.0. The Kier molecular flexibility index (Phi) is 6.22. The van der Waals surface area contributed by atoms with E-state index in [-0.39, 0.29) is 0 Å². The molecule has 0 aliphatic heterocycles. The van der Waals surface area contributed by atoms with Crippen LogP contribution in [0.1, 0.15) is 0 Å². The highest BCUT2D eigenvalue weighted by Gasteiger charge is 2.09. The largest absolute Gasteiger partial charge is 0.481 e. The summed E-state index contributed by atoms with van der Waals surface area (Å²) in [5, 5.41) is 12.3. The molecule has 0 aliphatic rings. The second kappa shape index (κ2) is 10.3. The first-order chi connectivity index (χ1) is 18.8. The molecule has 0 saturated heterocycles. The van der Waals surface area contributed by atoms with Gasteiger partial charge in [0.2, 0.25) is 5.88 Å². The molecule has 0 aliphatic carbocycles. The molecule has 0 unspecified atom stereocenters. The quantitative estimate of drug-likeness (QED) is 0.341. The van der Waals surface area contributed by atoms with Crippen LogP contribution in [0.15, 0.2) is 110 Å². The summed E-state index contributed by atoms with van der Waals surface area (Å²) in [5.74, 6) is 0.591. The monoisotopic (exact) mass is 498 g/mol. The first-order valence-corrected chi connectivity index (χ1v) is 11.9. The maximum atomic E-state index is 5.23. The second-order valence-electron chi connectivity index (χ2n) is 8.33. The highest BCUT2D eigenvalue weighted by atomic mass is 16.5. The lowest BCUT2D eigenvalue weighted by Crippen LogP contribution is -1.97. The number of hydrogen-bond donors (Lipinski definition) is 1. The lowest BCUT2D eigenvalue weighted by atomic mass is 10.1. The van der Waals surface area contributed by atoms with E-state index < -0.39 is 0 Å². The Labute approximate surface area is 217 Å². The zero-order chi connectivity index (χ0) is 25.7. The molecule has 9 nitrogen and oxygen atoms in total. The minimum atomic E-state index is 0.591. The summed E-state index contributed by atoms with van der Waals surface area (Å²) >= 11 is 0. The van der Waals surface area contributed by atoms with E-state index in [4.69, 9.17) is 9.72 Å². The SMILES string of the molecule is COc1ncccc1-c1cnc2cn[nH]c2c1.c1ccc(-n2ncc3ccc(-c4cccnc4)nc32)cc1. The predicted octanol–water partition coefficient (Wildman–Crippen LogP) is 5.51. The zero-order valence-corrected chi connectivity index (χ0v) is 20.4. The molecule has 0 spiro atoms. The average molecular weight is 499 g/mol. The van der Waals surface area contributed by atoms with E-state index in [0.29, 0.717) is 5.88 Å². The van der Waals surface area contributed by atoms with E-state index in [0.717, 1.165) is 50.1 Å². The Bertz CT molecular complexity index is 1810. The van der Waals surface area contributed by atoms with Crippen molar-refractivity contribution < 1.29 is 4.74 Å². The number of pyridine rings is 4. The zero-order valence-electron chi connectivity index (χ0n) is 20.4. The summed E-state index contributed by atoms with van der Waals surface area (Å²) < 4.78 is 7.08. The van der Waals surface area contributed by atoms with Crippen molar-refractivity contribution in [3.8, 4) is 34.0 Å². The third-order valence-electron chi connectivity index (χ3n) is 5.94. The Balaban J connectivity index is 0.000000142. The summed E-state index contributed by atoms with van der Waals surface area (Å²) in [6.07, 6.45) is 10.6. The minimum absolute atomic E-state index is 0.591. The number of nitrogens with one attached hydrogen (secondary N) is 1. The van der Waals surface area contributed by atoms with E-state index in [2.05, 4.69) is 30.2 Å². The van der Waals surface area contributed by atoms with Gasteiger partial charge in [-0.05, 0) is 54.6 Å². The highest BCUT2D eigenvalue weighted by molar-refractivity contribution is 5.81. The van der Waals surface area contributed by atoms with Crippen LogP contribution in [0.2, 0.25) is 0 Å². The fourth-order valence-corrected chi connectivity index (χ4v) is 4.09. The molecule has 6 heterocycles. The van der Waals surface area contributed by atoms with E-state index >= 15 is 0 Å². The van der Waals surface area contributed by atoms with Crippen LogP contribution in [0, 0.1) is 0 Å². The Morgan fingerprint density at radius 3 is 2.53 bits per heavy atom. The average Bonchev–Trinajstić information content (AvgIpc) is 3.65. The maximum absolute atomic E-state index is 5.23. The van der Waals surface area contributed by atoms with Crippen molar-refractivity contribution >= 4 is 22.1 Å². The number of fused-ring (bicyclic) bond motifs is 2. The Hall–Kier alpha value is -5.44. The molecule has 6 aromatic heterocycles. The van der Waals surface area contributed by atoms with Crippen molar-refractivity contribution in [2.45, 2.75) is 0 Å². The second-order valence-corrected chi connectivity index (χ2v) is 8.33. The molecular formula is C29H22N8O. The molecule has 0 bridgehead atoms. The molecule has 7 aromatic rings. The number of methoxy groups -OCH3 is 1. The third-order valence-corrected chi connectivity index (χ3v) is 5.94. The van der Waals surface area contributed by atoms with Gasteiger partial charge in [-0.3, -0.25) is 15.1 Å². The number of rotatable bonds is 4. The molecule has 0 atom stereocenters. The van der Waals surface area contributed by atoms with Gasteiger partial charge in [-0.2, -0.15) is 10.2 Å². The van der Waals surface area contributed by atoms with Gasteiger partial charge in [0.15, 0.2) is 5.65 Å². The lowest BCUT2D eigenvalue weighted by Gasteiger charge is -2.06. The topological polar surface area (TPSA) is 107 Å². The summed E-state index contributed by atoms with van der Waals surface area (Å²) in [6.45, 7) is 0. The summed E-state index contributed by atoms with van der Waals surface area (Å²) in [6, 6.07) is 23.8. The van der Waals surface area contributed by atoms with E-state index in [1.54, 1.807) is 31.9 Å². The number of benzene rings is 1. The van der Waals surface area contributed by atoms with Gasteiger partial charge in [0, 0.05) is 46.9 Å². The van der Waals surface area contributed by atoms with Crippen LogP contribution in [-0.2, 0) is 0 Å². The number of H-pyrrole nitrogens is 1. The molecule has 0 amide bonds. The van der Waals surface area contributed by atoms with Crippen LogP contribution in [0.25, 0.3) is 50.1 Å². The molecule has 0 fully saturated rings. The molecule has 38 heavy (non-hydrogen) atoms. The summed E-state index contributed by atoms with van der Waals surface area (Å²) in [7, 11) is 1.61. The van der Waals surface area contributed by atoms with E-state index in [1.165, 1.54) is 0 Å². The van der Waals surface area contributed by atoms with Crippen molar-refractivity contribution in [1.29, 1.82) is 0 Å². The van der Waals surface area contributed by atoms with Gasteiger partial charge < -0.3 is 4.74 Å². The molecule has 1 N–H and O–H groups in total. The molecule has 0 saturated carbocycles. The number of hydrogen-bond acceptors (Lipinski definition) is 7. The van der Waals surface area contributed by atoms with Crippen LogP contribution in [0.4, 0.5) is 0 Å². The minimum Gasteiger partial charge on any atom is -0.481 e. The smallest absolute Gasteiger partial charge is 0.221 e. The van der Waals surface area contributed by atoms with Gasteiger partial charge in [-0.15, -0.1) is 0 Å². The number of ether oxygens (including phenoxy) is 1. The predicted molar refractivity (Wildman–Crippen MR) is 146 cm³/mol. The molecule has 7 rings (SSSR count). The summed E-state index contributed by atoms with van der Waals surface area (Å²) in [4.78, 5) is 17.4. The van der Waals surface area contributed by atoms with Crippen molar-refractivity contribution in [3.63, 3.8) is 0 Å². The Morgan fingerprint density at radius 1 is 0.789 bits per heavy atom. The fraction of sp³-hybridized carbons (Fsp3) is 0.0345. The number of nitrogens with zero attached hydrogens (tertiary/aromatic N) is 7. The lowest BCUT2D eigenvalue weighted by molar-refractivity contribution is 0.399. The normalized spacial score (nSPS) is 10.8. The molecule has 9 heteroatoms.